The molecular formula is C16H30N2O5S. The van der Waals surface area contributed by atoms with Gasteiger partial charge in [0.15, 0.2) is 0 Å². The molecule has 0 aromatic carbocycles. The number of morpholine rings is 1. The van der Waals surface area contributed by atoms with Crippen LogP contribution in [0, 0.1) is 0 Å². The number of rotatable bonds is 1. The first-order valence-electron chi connectivity index (χ1n) is 8.40. The van der Waals surface area contributed by atoms with Crippen molar-refractivity contribution in [3.05, 3.63) is 0 Å². The second kappa shape index (κ2) is 10.9. The number of carboxylic acids is 2. The van der Waals surface area contributed by atoms with Gasteiger partial charge in [-0.25, -0.2) is 0 Å². The van der Waals surface area contributed by atoms with Crippen LogP contribution < -0.4 is 5.32 Å². The van der Waals surface area contributed by atoms with E-state index in [1.807, 2.05) is 0 Å². The van der Waals surface area contributed by atoms with Crippen molar-refractivity contribution < 1.29 is 24.5 Å². The van der Waals surface area contributed by atoms with Crippen LogP contribution in [-0.2, 0) is 14.3 Å². The highest BCUT2D eigenvalue weighted by Gasteiger charge is 2.38. The second-order valence-corrected chi connectivity index (χ2v) is 7.45. The van der Waals surface area contributed by atoms with E-state index in [2.05, 4.69) is 22.0 Å². The Bertz CT molecular complexity index is 366. The maximum Gasteiger partial charge on any atom is 0.300 e. The van der Waals surface area contributed by atoms with Gasteiger partial charge in [0.05, 0.1) is 12.2 Å². The van der Waals surface area contributed by atoms with Crippen molar-refractivity contribution in [2.45, 2.75) is 44.8 Å². The Morgan fingerprint density at radius 1 is 1.21 bits per heavy atom. The number of carbonyl (C=O) groups is 2. The molecule has 0 radical (unpaired) electrons. The predicted molar refractivity (Wildman–Crippen MR) is 94.7 cm³/mol. The summed E-state index contributed by atoms with van der Waals surface area (Å²) < 4.78 is 6.02. The molecule has 3 rings (SSSR count). The zero-order valence-electron chi connectivity index (χ0n) is 14.6. The van der Waals surface area contributed by atoms with Crippen LogP contribution in [-0.4, -0.2) is 83.0 Å². The van der Waals surface area contributed by atoms with Crippen molar-refractivity contribution in [2.75, 3.05) is 44.3 Å². The molecule has 24 heavy (non-hydrogen) atoms. The summed E-state index contributed by atoms with van der Waals surface area (Å²) in [5.41, 5.74) is 0.181. The molecule has 0 aliphatic carbocycles. The Hall–Kier alpha value is -0.830. The number of ether oxygens (including phenoxy) is 1. The fourth-order valence-electron chi connectivity index (χ4n) is 3.13. The first-order chi connectivity index (χ1) is 11.3. The molecule has 1 atom stereocenters. The molecule has 3 aliphatic heterocycles. The number of nitrogens with zero attached hydrogens (tertiary/aromatic N) is 1. The van der Waals surface area contributed by atoms with E-state index in [9.17, 15) is 0 Å². The largest absolute Gasteiger partial charge is 0.481 e. The van der Waals surface area contributed by atoms with Crippen LogP contribution in [0.4, 0.5) is 0 Å². The van der Waals surface area contributed by atoms with Crippen LogP contribution in [0.1, 0.15) is 33.1 Å². The van der Waals surface area contributed by atoms with Gasteiger partial charge in [0.1, 0.15) is 0 Å². The molecule has 7 nitrogen and oxygen atoms in total. The minimum absolute atomic E-state index is 0.181. The summed E-state index contributed by atoms with van der Waals surface area (Å²) in [7, 11) is 0. The first kappa shape index (κ1) is 21.2. The van der Waals surface area contributed by atoms with E-state index in [1.165, 1.54) is 43.9 Å². The van der Waals surface area contributed by atoms with Crippen LogP contribution >= 0.6 is 11.8 Å². The summed E-state index contributed by atoms with van der Waals surface area (Å²) >= 11 is 2.12. The minimum Gasteiger partial charge on any atom is -0.481 e. The number of piperidine rings is 1. The first-order valence-corrected chi connectivity index (χ1v) is 9.56. The highest BCUT2D eigenvalue weighted by atomic mass is 32.2. The molecule has 0 aromatic rings. The van der Waals surface area contributed by atoms with E-state index in [0.717, 1.165) is 39.6 Å². The molecule has 140 valence electrons. The van der Waals surface area contributed by atoms with Gasteiger partial charge in [-0.1, -0.05) is 0 Å². The van der Waals surface area contributed by atoms with Gasteiger partial charge in [-0.05, 0) is 25.0 Å². The lowest BCUT2D eigenvalue weighted by atomic mass is 9.89. The molecule has 0 saturated carbocycles. The average molecular weight is 362 g/mol. The number of likely N-dealkylation sites (tertiary alicyclic amines) is 1. The van der Waals surface area contributed by atoms with Crippen molar-refractivity contribution >= 4 is 23.7 Å². The van der Waals surface area contributed by atoms with Gasteiger partial charge in [0, 0.05) is 51.8 Å². The molecule has 3 aliphatic rings. The third-order valence-electron chi connectivity index (χ3n) is 4.27. The Morgan fingerprint density at radius 3 is 2.21 bits per heavy atom. The zero-order valence-corrected chi connectivity index (χ0v) is 15.4. The van der Waals surface area contributed by atoms with Gasteiger partial charge < -0.3 is 20.3 Å². The number of hydrogen-bond donors (Lipinski definition) is 3. The maximum absolute atomic E-state index is 9.00. The summed E-state index contributed by atoms with van der Waals surface area (Å²) in [5.74, 6) is 1.05. The fourth-order valence-corrected chi connectivity index (χ4v) is 4.39. The molecule has 3 N–H and O–H groups in total. The van der Waals surface area contributed by atoms with Crippen LogP contribution in [0.15, 0.2) is 0 Å². The second-order valence-electron chi connectivity index (χ2n) is 6.30. The zero-order chi connectivity index (χ0) is 18.0. The lowest BCUT2D eigenvalue weighted by molar-refractivity contribution is -0.135. The molecule has 1 spiro atoms. The van der Waals surface area contributed by atoms with E-state index >= 15 is 0 Å². The molecule has 0 bridgehead atoms. The molecule has 0 aromatic heterocycles. The fraction of sp³-hybridized carbons (Fsp3) is 0.875. The SMILES string of the molecule is C1COC2(CCN(C3CCSC3)CC2)CN1.CC(=O)O.CC(=O)O. The van der Waals surface area contributed by atoms with Crippen molar-refractivity contribution in [2.24, 2.45) is 0 Å². The van der Waals surface area contributed by atoms with Gasteiger partial charge in [-0.2, -0.15) is 11.8 Å². The van der Waals surface area contributed by atoms with E-state index < -0.39 is 11.9 Å². The topological polar surface area (TPSA) is 99.1 Å². The molecule has 3 saturated heterocycles. The van der Waals surface area contributed by atoms with Crippen LogP contribution in [0.2, 0.25) is 0 Å². The van der Waals surface area contributed by atoms with Crippen molar-refractivity contribution in [1.82, 2.24) is 10.2 Å². The van der Waals surface area contributed by atoms with Gasteiger partial charge in [0.25, 0.3) is 11.9 Å². The molecule has 0 amide bonds. The average Bonchev–Trinajstić information content (AvgIpc) is 3.02. The van der Waals surface area contributed by atoms with E-state index in [4.69, 9.17) is 24.5 Å². The molecule has 3 fully saturated rings. The standard InChI is InChI=1S/C12H22N2OS.2C2H4O2/c1-8-16-9-11(1)14-5-2-12(3-6-14)10-13-4-7-15-12;2*1-2(3)4/h11,13H,1-10H2;2*1H3,(H,3,4). The summed E-state index contributed by atoms with van der Waals surface area (Å²) in [6.45, 7) is 7.66. The number of aliphatic carboxylic acids is 2. The molecular weight excluding hydrogens is 332 g/mol. The van der Waals surface area contributed by atoms with E-state index in [-0.39, 0.29) is 5.60 Å². The lowest BCUT2D eigenvalue weighted by Crippen LogP contribution is -2.57. The molecule has 8 heteroatoms. The summed E-state index contributed by atoms with van der Waals surface area (Å²) in [4.78, 5) is 20.7. The smallest absolute Gasteiger partial charge is 0.300 e. The molecule has 3 heterocycles. The summed E-state index contributed by atoms with van der Waals surface area (Å²) in [5, 5.41) is 18.3. The normalized spacial score (nSPS) is 25.8. The van der Waals surface area contributed by atoms with Crippen molar-refractivity contribution in [1.29, 1.82) is 0 Å². The third-order valence-corrected chi connectivity index (χ3v) is 5.41. The van der Waals surface area contributed by atoms with Crippen LogP contribution in [0.3, 0.4) is 0 Å². The Morgan fingerprint density at radius 2 is 1.79 bits per heavy atom. The Balaban J connectivity index is 0.000000306. The van der Waals surface area contributed by atoms with E-state index in [1.54, 1.807) is 0 Å². The monoisotopic (exact) mass is 362 g/mol. The van der Waals surface area contributed by atoms with Gasteiger partial charge in [-0.3, -0.25) is 14.5 Å². The molecule has 1 unspecified atom stereocenters. The van der Waals surface area contributed by atoms with Crippen molar-refractivity contribution in [3.8, 4) is 0 Å². The number of hydrogen-bond acceptors (Lipinski definition) is 6. The van der Waals surface area contributed by atoms with Crippen LogP contribution in [0.25, 0.3) is 0 Å². The highest BCUT2D eigenvalue weighted by Crippen LogP contribution is 2.31. The summed E-state index contributed by atoms with van der Waals surface area (Å²) in [6.07, 6.45) is 3.85. The number of thioether (sulfide) groups is 1. The highest BCUT2D eigenvalue weighted by molar-refractivity contribution is 7.99. The lowest BCUT2D eigenvalue weighted by Gasteiger charge is -2.45. The quantitative estimate of drug-likeness (QED) is 0.638. The van der Waals surface area contributed by atoms with E-state index in [0.29, 0.717) is 0 Å². The van der Waals surface area contributed by atoms with Crippen LogP contribution in [0.5, 0.6) is 0 Å². The maximum atomic E-state index is 9.00. The number of nitrogens with one attached hydrogen (secondary N) is 1. The number of carboxylic acid groups (broad SMARTS) is 2. The Labute approximate surface area is 148 Å². The summed E-state index contributed by atoms with van der Waals surface area (Å²) in [6, 6.07) is 0.860. The predicted octanol–water partition coefficient (Wildman–Crippen LogP) is 1.13. The minimum atomic E-state index is -0.833. The van der Waals surface area contributed by atoms with Crippen molar-refractivity contribution in [3.63, 3.8) is 0 Å². The third kappa shape index (κ3) is 8.32. The van der Waals surface area contributed by atoms with Gasteiger partial charge in [0.2, 0.25) is 0 Å². The van der Waals surface area contributed by atoms with Gasteiger partial charge >= 0.3 is 0 Å². The van der Waals surface area contributed by atoms with Gasteiger partial charge in [-0.15, -0.1) is 0 Å². The Kier molecular flexibility index (Phi) is 9.65.